The van der Waals surface area contributed by atoms with Gasteiger partial charge in [0.2, 0.25) is 0 Å². The Morgan fingerprint density at radius 1 is 1.43 bits per heavy atom. The lowest BCUT2D eigenvalue weighted by molar-refractivity contribution is -0.131. The van der Waals surface area contributed by atoms with Gasteiger partial charge in [-0.15, -0.1) is 0 Å². The lowest BCUT2D eigenvalue weighted by atomic mass is 10.0. The second-order valence-electron chi connectivity index (χ2n) is 4.72. The van der Waals surface area contributed by atoms with Crippen molar-refractivity contribution >= 4 is 48.8 Å². The summed E-state index contributed by atoms with van der Waals surface area (Å²) in [4.78, 5) is 23.0. The van der Waals surface area contributed by atoms with Crippen LogP contribution in [0.25, 0.3) is 11.0 Å². The Balaban J connectivity index is 2.71. The summed E-state index contributed by atoms with van der Waals surface area (Å²) in [7, 11) is 0. The van der Waals surface area contributed by atoms with E-state index in [0.717, 1.165) is 21.8 Å². The first kappa shape index (κ1) is 16.2. The normalized spacial score (nSPS) is 12.4. The molecule has 0 bridgehead atoms. The zero-order valence-corrected chi connectivity index (χ0v) is 14.8. The molecule has 0 spiro atoms. The Hall–Kier alpha value is -1.14. The highest BCUT2D eigenvalue weighted by atomic mass is 79.9. The molecular formula is C15H14Br2O4. The maximum absolute atomic E-state index is 11.5. The number of alkyl halides is 2. The number of fused-ring (bicyclic) bond motifs is 1. The number of hydrogen-bond acceptors (Lipinski definition) is 4. The molecule has 0 fully saturated rings. The second-order valence-corrected chi connectivity index (χ2v) is 6.67. The average Bonchev–Trinajstić information content (AvgIpc) is 2.42. The van der Waals surface area contributed by atoms with E-state index in [2.05, 4.69) is 31.9 Å². The molecule has 0 aliphatic carbocycles. The first-order valence-electron chi connectivity index (χ1n) is 6.37. The van der Waals surface area contributed by atoms with Crippen LogP contribution in [0.4, 0.5) is 0 Å². The standard InChI is InChI=1S/C15H14Br2O4/c1-8-5-10-3-4-13(19)21-14(10)15(20-9(2)18)12(8)6-11(17)7-16/h3-5,11H,6-7H2,1-2H3. The van der Waals surface area contributed by atoms with Crippen LogP contribution < -0.4 is 10.4 Å². The van der Waals surface area contributed by atoms with Gasteiger partial charge in [0, 0.05) is 34.1 Å². The fourth-order valence-electron chi connectivity index (χ4n) is 2.14. The highest BCUT2D eigenvalue weighted by Gasteiger charge is 2.19. The monoisotopic (exact) mass is 416 g/mol. The number of rotatable bonds is 4. The third kappa shape index (κ3) is 3.74. The first-order chi connectivity index (χ1) is 9.92. The van der Waals surface area contributed by atoms with Gasteiger partial charge in [0.25, 0.3) is 0 Å². The van der Waals surface area contributed by atoms with E-state index >= 15 is 0 Å². The quantitative estimate of drug-likeness (QED) is 0.329. The fourth-order valence-corrected chi connectivity index (χ4v) is 2.69. The van der Waals surface area contributed by atoms with Crippen LogP contribution in [-0.2, 0) is 11.2 Å². The summed E-state index contributed by atoms with van der Waals surface area (Å²) in [6.45, 7) is 3.27. The minimum atomic E-state index is -0.471. The van der Waals surface area contributed by atoms with Gasteiger partial charge in [-0.25, -0.2) is 4.79 Å². The van der Waals surface area contributed by atoms with Crippen molar-refractivity contribution in [2.75, 3.05) is 5.33 Å². The Labute approximate surface area is 138 Å². The van der Waals surface area contributed by atoms with Gasteiger partial charge in [-0.05, 0) is 31.0 Å². The molecule has 2 rings (SSSR count). The van der Waals surface area contributed by atoms with Crippen molar-refractivity contribution in [2.45, 2.75) is 25.1 Å². The van der Waals surface area contributed by atoms with Crippen molar-refractivity contribution in [3.63, 3.8) is 0 Å². The van der Waals surface area contributed by atoms with Crippen LogP contribution >= 0.6 is 31.9 Å². The maximum atomic E-state index is 11.5. The van der Waals surface area contributed by atoms with Crippen LogP contribution in [0.3, 0.4) is 0 Å². The molecule has 4 nitrogen and oxygen atoms in total. The molecule has 1 heterocycles. The SMILES string of the molecule is CC(=O)Oc1c(CC(Br)CBr)c(C)cc2ccc(=O)oc12. The summed E-state index contributed by atoms with van der Waals surface area (Å²) in [5.41, 5.74) is 1.68. The van der Waals surface area contributed by atoms with Gasteiger partial charge in [0.05, 0.1) is 0 Å². The van der Waals surface area contributed by atoms with Crippen LogP contribution in [0, 0.1) is 6.92 Å². The summed E-state index contributed by atoms with van der Waals surface area (Å²) >= 11 is 6.95. The number of carbonyl (C=O) groups excluding carboxylic acids is 1. The lowest BCUT2D eigenvalue weighted by Gasteiger charge is -2.15. The predicted molar refractivity (Wildman–Crippen MR) is 88.7 cm³/mol. The number of benzene rings is 1. The Morgan fingerprint density at radius 3 is 2.76 bits per heavy atom. The molecular weight excluding hydrogens is 404 g/mol. The molecule has 0 N–H and O–H groups in total. The van der Waals surface area contributed by atoms with Gasteiger partial charge in [-0.2, -0.15) is 0 Å². The van der Waals surface area contributed by atoms with Gasteiger partial charge < -0.3 is 9.15 Å². The molecule has 1 unspecified atom stereocenters. The minimum Gasteiger partial charge on any atom is -0.422 e. The summed E-state index contributed by atoms with van der Waals surface area (Å²) in [5.74, 6) is -0.111. The van der Waals surface area contributed by atoms with Crippen LogP contribution in [0.1, 0.15) is 18.1 Å². The molecule has 6 heteroatoms. The fraction of sp³-hybridized carbons (Fsp3) is 0.333. The third-order valence-corrected chi connectivity index (χ3v) is 5.33. The van der Waals surface area contributed by atoms with Crippen LogP contribution in [0.5, 0.6) is 5.75 Å². The summed E-state index contributed by atoms with van der Waals surface area (Å²) in [6.07, 6.45) is 0.647. The molecule has 0 aliphatic heterocycles. The van der Waals surface area contributed by atoms with Gasteiger partial charge in [-0.1, -0.05) is 31.9 Å². The Kier molecular flexibility index (Phi) is 5.22. The summed E-state index contributed by atoms with van der Waals surface area (Å²) in [6, 6.07) is 4.94. The maximum Gasteiger partial charge on any atom is 0.336 e. The number of hydrogen-bond donors (Lipinski definition) is 0. The number of esters is 1. The summed E-state index contributed by atoms with van der Waals surface area (Å²) in [5, 5.41) is 1.49. The third-order valence-electron chi connectivity index (χ3n) is 3.03. The smallest absolute Gasteiger partial charge is 0.336 e. The molecule has 112 valence electrons. The number of carbonyl (C=O) groups is 1. The van der Waals surface area contributed by atoms with Crippen molar-refractivity contribution in [2.24, 2.45) is 0 Å². The number of aryl methyl sites for hydroxylation is 1. The second kappa shape index (κ2) is 6.75. The molecule has 0 saturated carbocycles. The largest absolute Gasteiger partial charge is 0.422 e. The van der Waals surface area contributed by atoms with Gasteiger partial charge in [0.15, 0.2) is 11.3 Å². The van der Waals surface area contributed by atoms with Crippen LogP contribution in [-0.4, -0.2) is 16.1 Å². The van der Waals surface area contributed by atoms with Crippen molar-refractivity contribution in [1.82, 2.24) is 0 Å². The van der Waals surface area contributed by atoms with E-state index in [1.807, 2.05) is 13.0 Å². The number of ether oxygens (including phenoxy) is 1. The Bertz CT molecular complexity index is 736. The zero-order valence-electron chi connectivity index (χ0n) is 11.6. The average molecular weight is 418 g/mol. The molecule has 2 aromatic rings. The molecule has 21 heavy (non-hydrogen) atoms. The molecule has 0 saturated heterocycles. The van der Waals surface area contributed by atoms with Crippen molar-refractivity contribution in [3.8, 4) is 5.75 Å². The van der Waals surface area contributed by atoms with Gasteiger partial charge in [-0.3, -0.25) is 4.79 Å². The molecule has 1 atom stereocenters. The van der Waals surface area contributed by atoms with Crippen molar-refractivity contribution < 1.29 is 13.9 Å². The molecule has 0 radical (unpaired) electrons. The van der Waals surface area contributed by atoms with Crippen molar-refractivity contribution in [3.05, 3.63) is 39.7 Å². The van der Waals surface area contributed by atoms with Gasteiger partial charge >= 0.3 is 11.6 Å². The topological polar surface area (TPSA) is 56.5 Å². The van der Waals surface area contributed by atoms with Gasteiger partial charge in [0.1, 0.15) is 0 Å². The number of halogens is 2. The molecule has 0 amide bonds. The van der Waals surface area contributed by atoms with Crippen molar-refractivity contribution in [1.29, 1.82) is 0 Å². The predicted octanol–water partition coefficient (Wildman–Crippen LogP) is 3.73. The zero-order chi connectivity index (χ0) is 15.6. The van der Waals surface area contributed by atoms with E-state index in [1.54, 1.807) is 6.07 Å². The highest BCUT2D eigenvalue weighted by molar-refractivity contribution is 9.12. The first-order valence-corrected chi connectivity index (χ1v) is 8.41. The lowest BCUT2D eigenvalue weighted by Crippen LogP contribution is -2.11. The minimum absolute atomic E-state index is 0.179. The molecule has 1 aromatic heterocycles. The molecule has 0 aliphatic rings. The van der Waals surface area contributed by atoms with E-state index in [9.17, 15) is 9.59 Å². The Morgan fingerprint density at radius 2 is 2.14 bits per heavy atom. The van der Waals surface area contributed by atoms with E-state index in [-0.39, 0.29) is 4.83 Å². The van der Waals surface area contributed by atoms with E-state index in [0.29, 0.717) is 17.8 Å². The summed E-state index contributed by atoms with van der Waals surface area (Å²) < 4.78 is 10.6. The highest BCUT2D eigenvalue weighted by Crippen LogP contribution is 2.34. The van der Waals surface area contributed by atoms with E-state index in [1.165, 1.54) is 13.0 Å². The van der Waals surface area contributed by atoms with Crippen LogP contribution in [0.2, 0.25) is 0 Å². The van der Waals surface area contributed by atoms with Crippen LogP contribution in [0.15, 0.2) is 27.4 Å². The molecule has 1 aromatic carbocycles. The van der Waals surface area contributed by atoms with E-state index < -0.39 is 11.6 Å². The van der Waals surface area contributed by atoms with E-state index in [4.69, 9.17) is 9.15 Å².